The standard InChI is InChI=1S/C17H20BrNO2/c1-3-17(4-2,11-20)19-16(21)14-6-5-13-10-15(18)8-7-12(13)9-14/h5-10,20H,3-4,11H2,1-2H3,(H,19,21). The molecule has 0 saturated heterocycles. The Morgan fingerprint density at radius 3 is 2.38 bits per heavy atom. The minimum atomic E-state index is -0.536. The first kappa shape index (κ1) is 16.0. The molecule has 0 aromatic heterocycles. The molecule has 0 aliphatic rings. The smallest absolute Gasteiger partial charge is 0.251 e. The number of rotatable bonds is 5. The molecule has 0 unspecified atom stereocenters. The minimum absolute atomic E-state index is 0.0493. The number of carbonyl (C=O) groups is 1. The van der Waals surface area contributed by atoms with Crippen molar-refractivity contribution in [2.75, 3.05) is 6.61 Å². The molecule has 2 rings (SSSR count). The van der Waals surface area contributed by atoms with Crippen LogP contribution in [0.15, 0.2) is 40.9 Å². The van der Waals surface area contributed by atoms with E-state index >= 15 is 0 Å². The first-order chi connectivity index (χ1) is 10.0. The van der Waals surface area contributed by atoms with Crippen molar-refractivity contribution in [3.8, 4) is 0 Å². The van der Waals surface area contributed by atoms with Crippen LogP contribution < -0.4 is 5.32 Å². The predicted molar refractivity (Wildman–Crippen MR) is 89.5 cm³/mol. The lowest BCUT2D eigenvalue weighted by atomic mass is 9.93. The van der Waals surface area contributed by atoms with Gasteiger partial charge in [-0.2, -0.15) is 0 Å². The summed E-state index contributed by atoms with van der Waals surface area (Å²) in [6, 6.07) is 11.6. The average molecular weight is 350 g/mol. The maximum Gasteiger partial charge on any atom is 0.251 e. The summed E-state index contributed by atoms with van der Waals surface area (Å²) in [5.41, 5.74) is 0.0794. The monoisotopic (exact) mass is 349 g/mol. The van der Waals surface area contributed by atoms with Gasteiger partial charge in [0, 0.05) is 10.0 Å². The quantitative estimate of drug-likeness (QED) is 0.860. The zero-order valence-electron chi connectivity index (χ0n) is 12.3. The van der Waals surface area contributed by atoms with Crippen molar-refractivity contribution in [2.24, 2.45) is 0 Å². The Morgan fingerprint density at radius 2 is 1.76 bits per heavy atom. The number of hydrogen-bond donors (Lipinski definition) is 2. The Bertz CT molecular complexity index is 642. The number of halogens is 1. The molecule has 2 N–H and O–H groups in total. The lowest BCUT2D eigenvalue weighted by Gasteiger charge is -2.30. The van der Waals surface area contributed by atoms with Crippen LogP contribution in [-0.2, 0) is 0 Å². The second kappa shape index (κ2) is 6.58. The van der Waals surface area contributed by atoms with E-state index < -0.39 is 5.54 Å². The molecule has 2 aromatic carbocycles. The van der Waals surface area contributed by atoms with E-state index in [1.807, 2.05) is 50.2 Å². The van der Waals surface area contributed by atoms with Crippen LogP contribution in [0.2, 0.25) is 0 Å². The van der Waals surface area contributed by atoms with E-state index in [0.717, 1.165) is 15.2 Å². The molecule has 0 aliphatic carbocycles. The molecule has 0 atom stereocenters. The molecule has 0 spiro atoms. The van der Waals surface area contributed by atoms with Crippen LogP contribution in [-0.4, -0.2) is 23.2 Å². The van der Waals surface area contributed by atoms with Gasteiger partial charge in [0.1, 0.15) is 0 Å². The van der Waals surface area contributed by atoms with E-state index in [0.29, 0.717) is 18.4 Å². The van der Waals surface area contributed by atoms with Crippen molar-refractivity contribution in [1.82, 2.24) is 5.32 Å². The summed E-state index contributed by atoms with van der Waals surface area (Å²) in [5, 5.41) is 14.6. The maximum absolute atomic E-state index is 12.4. The molecule has 0 fully saturated rings. The summed E-state index contributed by atoms with van der Waals surface area (Å²) in [7, 11) is 0. The number of amides is 1. The third-order valence-corrected chi connectivity index (χ3v) is 4.59. The van der Waals surface area contributed by atoms with Gasteiger partial charge in [0.2, 0.25) is 0 Å². The van der Waals surface area contributed by atoms with Gasteiger partial charge in [-0.3, -0.25) is 4.79 Å². The summed E-state index contributed by atoms with van der Waals surface area (Å²) >= 11 is 3.44. The van der Waals surface area contributed by atoms with Crippen LogP contribution in [0.3, 0.4) is 0 Å². The Labute approximate surface area is 133 Å². The summed E-state index contributed by atoms with van der Waals surface area (Å²) in [6.45, 7) is 3.89. The molecular weight excluding hydrogens is 330 g/mol. The van der Waals surface area contributed by atoms with Gasteiger partial charge in [-0.25, -0.2) is 0 Å². The summed E-state index contributed by atoms with van der Waals surface area (Å²) in [5.74, 6) is -0.141. The highest BCUT2D eigenvalue weighted by atomic mass is 79.9. The normalized spacial score (nSPS) is 11.6. The van der Waals surface area contributed by atoms with Gasteiger partial charge < -0.3 is 10.4 Å². The second-order valence-electron chi connectivity index (χ2n) is 5.31. The van der Waals surface area contributed by atoms with E-state index in [-0.39, 0.29) is 12.5 Å². The molecular formula is C17H20BrNO2. The molecule has 1 amide bonds. The Kier molecular flexibility index (Phi) is 5.01. The molecule has 0 radical (unpaired) electrons. The van der Waals surface area contributed by atoms with Crippen LogP contribution >= 0.6 is 15.9 Å². The molecule has 0 saturated carbocycles. The Morgan fingerprint density at radius 1 is 1.14 bits per heavy atom. The zero-order chi connectivity index (χ0) is 15.5. The molecule has 21 heavy (non-hydrogen) atoms. The first-order valence-corrected chi connectivity index (χ1v) is 7.95. The van der Waals surface area contributed by atoms with Gasteiger partial charge in [0.05, 0.1) is 12.1 Å². The lowest BCUT2D eigenvalue weighted by Crippen LogP contribution is -2.50. The number of carbonyl (C=O) groups excluding carboxylic acids is 1. The Balaban J connectivity index is 2.29. The SMILES string of the molecule is CCC(CC)(CO)NC(=O)c1ccc2cc(Br)ccc2c1. The number of benzene rings is 2. The average Bonchev–Trinajstić information content (AvgIpc) is 2.52. The summed E-state index contributed by atoms with van der Waals surface area (Å²) in [4.78, 5) is 12.4. The second-order valence-corrected chi connectivity index (χ2v) is 6.22. The van der Waals surface area contributed by atoms with Crippen molar-refractivity contribution in [3.63, 3.8) is 0 Å². The molecule has 2 aromatic rings. The fourth-order valence-electron chi connectivity index (χ4n) is 2.36. The van der Waals surface area contributed by atoms with Gasteiger partial charge in [0.15, 0.2) is 0 Å². The van der Waals surface area contributed by atoms with Gasteiger partial charge in [-0.1, -0.05) is 41.9 Å². The highest BCUT2D eigenvalue weighted by molar-refractivity contribution is 9.10. The zero-order valence-corrected chi connectivity index (χ0v) is 13.9. The first-order valence-electron chi connectivity index (χ1n) is 7.16. The van der Waals surface area contributed by atoms with Crippen molar-refractivity contribution in [3.05, 3.63) is 46.4 Å². The maximum atomic E-state index is 12.4. The van der Waals surface area contributed by atoms with E-state index in [9.17, 15) is 9.90 Å². The summed E-state index contributed by atoms with van der Waals surface area (Å²) < 4.78 is 1.02. The minimum Gasteiger partial charge on any atom is -0.394 e. The molecule has 112 valence electrons. The van der Waals surface area contributed by atoms with Crippen LogP contribution in [0.25, 0.3) is 10.8 Å². The van der Waals surface area contributed by atoms with Crippen molar-refractivity contribution in [1.29, 1.82) is 0 Å². The number of fused-ring (bicyclic) bond motifs is 1. The fourth-order valence-corrected chi connectivity index (χ4v) is 2.74. The number of hydrogen-bond acceptors (Lipinski definition) is 2. The third kappa shape index (κ3) is 3.44. The van der Waals surface area contributed by atoms with Crippen molar-refractivity contribution < 1.29 is 9.90 Å². The van der Waals surface area contributed by atoms with E-state index in [4.69, 9.17) is 0 Å². The van der Waals surface area contributed by atoms with E-state index in [1.54, 1.807) is 0 Å². The van der Waals surface area contributed by atoms with Crippen LogP contribution in [0, 0.1) is 0 Å². The number of aliphatic hydroxyl groups excluding tert-OH is 1. The molecule has 3 nitrogen and oxygen atoms in total. The van der Waals surface area contributed by atoms with Gasteiger partial charge >= 0.3 is 0 Å². The molecule has 0 aliphatic heterocycles. The highest BCUT2D eigenvalue weighted by Crippen LogP contribution is 2.22. The molecule has 0 heterocycles. The van der Waals surface area contributed by atoms with Gasteiger partial charge in [-0.05, 0) is 47.9 Å². The van der Waals surface area contributed by atoms with E-state index in [1.165, 1.54) is 0 Å². The number of nitrogens with one attached hydrogen (secondary N) is 1. The highest BCUT2D eigenvalue weighted by Gasteiger charge is 2.27. The summed E-state index contributed by atoms with van der Waals surface area (Å²) in [6.07, 6.45) is 1.40. The van der Waals surface area contributed by atoms with E-state index in [2.05, 4.69) is 21.2 Å². The predicted octanol–water partition coefficient (Wildman–Crippen LogP) is 3.88. The molecule has 4 heteroatoms. The lowest BCUT2D eigenvalue weighted by molar-refractivity contribution is 0.0818. The fraction of sp³-hybridized carbons (Fsp3) is 0.353. The third-order valence-electron chi connectivity index (χ3n) is 4.10. The van der Waals surface area contributed by atoms with Crippen LogP contribution in [0.4, 0.5) is 0 Å². The van der Waals surface area contributed by atoms with Gasteiger partial charge in [0.25, 0.3) is 5.91 Å². The topological polar surface area (TPSA) is 49.3 Å². The molecule has 0 bridgehead atoms. The van der Waals surface area contributed by atoms with Crippen LogP contribution in [0.5, 0.6) is 0 Å². The van der Waals surface area contributed by atoms with Crippen molar-refractivity contribution in [2.45, 2.75) is 32.2 Å². The largest absolute Gasteiger partial charge is 0.394 e. The number of aliphatic hydroxyl groups is 1. The van der Waals surface area contributed by atoms with Crippen molar-refractivity contribution >= 4 is 32.6 Å². The van der Waals surface area contributed by atoms with Gasteiger partial charge in [-0.15, -0.1) is 0 Å². The Hall–Kier alpha value is -1.39. The van der Waals surface area contributed by atoms with Crippen LogP contribution in [0.1, 0.15) is 37.0 Å².